The Morgan fingerprint density at radius 3 is 2.25 bits per heavy atom. The summed E-state index contributed by atoms with van der Waals surface area (Å²) in [6.45, 7) is 3.88. The molecule has 0 aliphatic carbocycles. The highest BCUT2D eigenvalue weighted by Crippen LogP contribution is 2.36. The number of anilines is 1. The van der Waals surface area contributed by atoms with Gasteiger partial charge in [0.05, 0.1) is 38.1 Å². The first-order valence-electron chi connectivity index (χ1n) is 8.63. The predicted octanol–water partition coefficient (Wildman–Crippen LogP) is 4.80. The highest BCUT2D eigenvalue weighted by Gasteiger charge is 2.12. The van der Waals surface area contributed by atoms with Gasteiger partial charge in [-0.1, -0.05) is 17.7 Å². The third-order valence-electron chi connectivity index (χ3n) is 3.71. The molecular weight excluding hydrogens is 382 g/mol. The number of carbonyl (C=O) groups is 1. The molecule has 0 fully saturated rings. The summed E-state index contributed by atoms with van der Waals surface area (Å²) in [7, 11) is 4.57. The molecule has 0 radical (unpaired) electrons. The lowest BCUT2D eigenvalue weighted by Crippen LogP contribution is -2.09. The molecule has 1 amide bonds. The Bertz CT molecular complexity index is 864. The van der Waals surface area contributed by atoms with E-state index in [0.29, 0.717) is 33.7 Å². The van der Waals surface area contributed by atoms with Crippen LogP contribution in [0.2, 0.25) is 5.02 Å². The van der Waals surface area contributed by atoms with Gasteiger partial charge in [0.1, 0.15) is 11.5 Å². The molecular formula is C21H24ClNO5. The standard InChI is InChI=1S/C21H24ClNO5/c1-13(2)28-17-8-6-14(10-20(17)27-5)7-9-21(24)23-16-12-18(25-3)15(22)11-19(16)26-4/h6-13H,1-5H3,(H,23,24)/b9-7+. The second kappa shape index (κ2) is 9.90. The second-order valence-corrected chi connectivity index (χ2v) is 6.49. The zero-order valence-electron chi connectivity index (χ0n) is 16.5. The Morgan fingerprint density at radius 1 is 0.964 bits per heavy atom. The summed E-state index contributed by atoms with van der Waals surface area (Å²) in [4.78, 5) is 12.3. The molecule has 0 saturated carbocycles. The van der Waals surface area contributed by atoms with Crippen LogP contribution in [0.3, 0.4) is 0 Å². The van der Waals surface area contributed by atoms with E-state index in [2.05, 4.69) is 5.32 Å². The number of amides is 1. The summed E-state index contributed by atoms with van der Waals surface area (Å²) in [5, 5.41) is 3.15. The van der Waals surface area contributed by atoms with Gasteiger partial charge in [-0.15, -0.1) is 0 Å². The van der Waals surface area contributed by atoms with Crippen molar-refractivity contribution < 1.29 is 23.7 Å². The minimum absolute atomic E-state index is 0.0346. The monoisotopic (exact) mass is 405 g/mol. The van der Waals surface area contributed by atoms with Crippen LogP contribution in [0, 0.1) is 0 Å². The molecule has 0 heterocycles. The quantitative estimate of drug-likeness (QED) is 0.639. The van der Waals surface area contributed by atoms with Gasteiger partial charge in [-0.2, -0.15) is 0 Å². The topological polar surface area (TPSA) is 66.0 Å². The SMILES string of the molecule is COc1cc(NC(=O)/C=C/c2ccc(OC(C)C)c(OC)c2)c(OC)cc1Cl. The summed E-state index contributed by atoms with van der Waals surface area (Å²) in [5.74, 6) is 1.79. The van der Waals surface area contributed by atoms with Gasteiger partial charge in [0.2, 0.25) is 5.91 Å². The van der Waals surface area contributed by atoms with Crippen LogP contribution in [0.4, 0.5) is 5.69 Å². The van der Waals surface area contributed by atoms with Gasteiger partial charge in [-0.05, 0) is 37.6 Å². The molecule has 2 aromatic carbocycles. The Morgan fingerprint density at radius 2 is 1.64 bits per heavy atom. The van der Waals surface area contributed by atoms with Crippen LogP contribution < -0.4 is 24.3 Å². The molecule has 28 heavy (non-hydrogen) atoms. The average molecular weight is 406 g/mol. The highest BCUT2D eigenvalue weighted by atomic mass is 35.5. The van der Waals surface area contributed by atoms with Crippen molar-refractivity contribution >= 4 is 29.3 Å². The fourth-order valence-electron chi connectivity index (χ4n) is 2.44. The Balaban J connectivity index is 2.16. The first-order chi connectivity index (χ1) is 13.4. The molecule has 6 nitrogen and oxygen atoms in total. The first kappa shape index (κ1) is 21.4. The lowest BCUT2D eigenvalue weighted by atomic mass is 10.2. The third-order valence-corrected chi connectivity index (χ3v) is 4.00. The van der Waals surface area contributed by atoms with E-state index in [1.807, 2.05) is 26.0 Å². The zero-order chi connectivity index (χ0) is 20.7. The molecule has 2 aromatic rings. The van der Waals surface area contributed by atoms with Crippen molar-refractivity contribution in [2.24, 2.45) is 0 Å². The number of methoxy groups -OCH3 is 3. The van der Waals surface area contributed by atoms with Crippen LogP contribution in [0.5, 0.6) is 23.0 Å². The number of rotatable bonds is 8. The molecule has 0 aromatic heterocycles. The first-order valence-corrected chi connectivity index (χ1v) is 9.01. The van der Waals surface area contributed by atoms with E-state index in [-0.39, 0.29) is 12.0 Å². The maximum atomic E-state index is 12.3. The normalized spacial score (nSPS) is 10.8. The second-order valence-electron chi connectivity index (χ2n) is 6.09. The molecule has 0 bridgehead atoms. The molecule has 7 heteroatoms. The zero-order valence-corrected chi connectivity index (χ0v) is 17.3. The fourth-order valence-corrected chi connectivity index (χ4v) is 2.67. The summed E-state index contributed by atoms with van der Waals surface area (Å²) < 4.78 is 21.5. The van der Waals surface area contributed by atoms with E-state index in [4.69, 9.17) is 30.5 Å². The molecule has 0 atom stereocenters. The van der Waals surface area contributed by atoms with Crippen molar-refractivity contribution in [2.45, 2.75) is 20.0 Å². The number of ether oxygens (including phenoxy) is 4. The third kappa shape index (κ3) is 5.57. The van der Waals surface area contributed by atoms with Gasteiger partial charge in [0.15, 0.2) is 11.5 Å². The van der Waals surface area contributed by atoms with Crippen LogP contribution in [-0.2, 0) is 4.79 Å². The molecule has 0 spiro atoms. The van der Waals surface area contributed by atoms with E-state index in [1.165, 1.54) is 20.3 Å². The summed E-state index contributed by atoms with van der Waals surface area (Å²) >= 11 is 6.08. The molecule has 1 N–H and O–H groups in total. The summed E-state index contributed by atoms with van der Waals surface area (Å²) in [5.41, 5.74) is 1.25. The van der Waals surface area contributed by atoms with E-state index in [0.717, 1.165) is 5.56 Å². The number of carbonyl (C=O) groups excluding carboxylic acids is 1. The minimum atomic E-state index is -0.329. The number of hydrogen-bond donors (Lipinski definition) is 1. The van der Waals surface area contributed by atoms with E-state index >= 15 is 0 Å². The highest BCUT2D eigenvalue weighted by molar-refractivity contribution is 6.32. The van der Waals surface area contributed by atoms with Crippen LogP contribution in [-0.4, -0.2) is 33.3 Å². The number of nitrogens with one attached hydrogen (secondary N) is 1. The molecule has 0 saturated heterocycles. The van der Waals surface area contributed by atoms with Crippen LogP contribution in [0.15, 0.2) is 36.4 Å². The molecule has 0 unspecified atom stereocenters. The number of benzene rings is 2. The van der Waals surface area contributed by atoms with Crippen LogP contribution in [0.1, 0.15) is 19.4 Å². The maximum Gasteiger partial charge on any atom is 0.248 e. The van der Waals surface area contributed by atoms with Gasteiger partial charge >= 0.3 is 0 Å². The largest absolute Gasteiger partial charge is 0.495 e. The number of hydrogen-bond acceptors (Lipinski definition) is 5. The predicted molar refractivity (Wildman–Crippen MR) is 111 cm³/mol. The maximum absolute atomic E-state index is 12.3. The van der Waals surface area contributed by atoms with Crippen molar-refractivity contribution in [1.29, 1.82) is 0 Å². The van der Waals surface area contributed by atoms with Gasteiger partial charge in [-0.25, -0.2) is 0 Å². The molecule has 0 aliphatic heterocycles. The summed E-state index contributed by atoms with van der Waals surface area (Å²) in [6, 6.07) is 8.64. The van der Waals surface area contributed by atoms with Crippen molar-refractivity contribution in [3.63, 3.8) is 0 Å². The summed E-state index contributed by atoms with van der Waals surface area (Å²) in [6.07, 6.45) is 3.13. The lowest BCUT2D eigenvalue weighted by Gasteiger charge is -2.14. The fraction of sp³-hybridized carbons (Fsp3) is 0.286. The van der Waals surface area contributed by atoms with Gasteiger partial charge < -0.3 is 24.3 Å². The van der Waals surface area contributed by atoms with E-state index in [9.17, 15) is 4.79 Å². The van der Waals surface area contributed by atoms with Crippen LogP contribution in [0.25, 0.3) is 6.08 Å². The van der Waals surface area contributed by atoms with Gasteiger partial charge in [0, 0.05) is 18.2 Å². The Labute approximate surface area is 170 Å². The lowest BCUT2D eigenvalue weighted by molar-refractivity contribution is -0.111. The molecule has 2 rings (SSSR count). The number of halogens is 1. The van der Waals surface area contributed by atoms with Crippen LogP contribution >= 0.6 is 11.6 Å². The average Bonchev–Trinajstić information content (AvgIpc) is 2.67. The van der Waals surface area contributed by atoms with Gasteiger partial charge in [0.25, 0.3) is 0 Å². The van der Waals surface area contributed by atoms with Crippen molar-refractivity contribution in [3.05, 3.63) is 47.0 Å². The van der Waals surface area contributed by atoms with Crippen molar-refractivity contribution in [3.8, 4) is 23.0 Å². The van der Waals surface area contributed by atoms with E-state index in [1.54, 1.807) is 31.4 Å². The van der Waals surface area contributed by atoms with Gasteiger partial charge in [-0.3, -0.25) is 4.79 Å². The molecule has 0 aliphatic rings. The molecule has 150 valence electrons. The Hall–Kier alpha value is -2.86. The Kier molecular flexibility index (Phi) is 7.58. The van der Waals surface area contributed by atoms with E-state index < -0.39 is 0 Å². The minimum Gasteiger partial charge on any atom is -0.495 e. The van der Waals surface area contributed by atoms with Crippen molar-refractivity contribution in [2.75, 3.05) is 26.6 Å². The smallest absolute Gasteiger partial charge is 0.248 e. The van der Waals surface area contributed by atoms with Crippen molar-refractivity contribution in [1.82, 2.24) is 0 Å².